The molecule has 2 aliphatic rings. The first-order valence-electron chi connectivity index (χ1n) is 12.9. The molecule has 1 amide bonds. The van der Waals surface area contributed by atoms with E-state index in [2.05, 4.69) is 42.0 Å². The number of aromatic nitrogens is 4. The maximum absolute atomic E-state index is 12.4. The summed E-state index contributed by atoms with van der Waals surface area (Å²) in [4.78, 5) is 34.6. The van der Waals surface area contributed by atoms with Crippen molar-refractivity contribution in [2.24, 2.45) is 0 Å². The molecule has 10 heteroatoms. The minimum absolute atomic E-state index is 0.0717. The number of carbonyl (C=O) groups is 1. The lowest BCUT2D eigenvalue weighted by Gasteiger charge is -2.32. The van der Waals surface area contributed by atoms with Gasteiger partial charge < -0.3 is 25.0 Å². The number of aryl methyl sites for hydroxylation is 1. The minimum atomic E-state index is -0.581. The second kappa shape index (κ2) is 11.1. The third-order valence-electron chi connectivity index (χ3n) is 6.81. The van der Waals surface area contributed by atoms with Crippen molar-refractivity contribution in [3.8, 4) is 5.88 Å². The van der Waals surface area contributed by atoms with Gasteiger partial charge in [0, 0.05) is 68.7 Å². The van der Waals surface area contributed by atoms with E-state index in [1.807, 2.05) is 30.6 Å². The number of nitrogens with one attached hydrogen (secondary N) is 1. The maximum Gasteiger partial charge on any atom is 0.251 e. The van der Waals surface area contributed by atoms with E-state index in [-0.39, 0.29) is 18.6 Å². The maximum atomic E-state index is 12.4. The van der Waals surface area contributed by atoms with E-state index in [9.17, 15) is 9.90 Å². The molecule has 2 aliphatic heterocycles. The smallest absolute Gasteiger partial charge is 0.251 e. The van der Waals surface area contributed by atoms with Crippen molar-refractivity contribution in [3.05, 3.63) is 59.7 Å². The normalized spacial score (nSPS) is 16.4. The number of piperidine rings is 1. The Balaban J connectivity index is 1.20. The zero-order chi connectivity index (χ0) is 25.8. The van der Waals surface area contributed by atoms with Crippen LogP contribution >= 0.6 is 0 Å². The largest absolute Gasteiger partial charge is 0.474 e. The molecule has 1 atom stereocenters. The Bertz CT molecular complexity index is 1230. The molecule has 0 aliphatic carbocycles. The van der Waals surface area contributed by atoms with Crippen LogP contribution in [0, 0.1) is 0 Å². The average molecular weight is 504 g/mol. The van der Waals surface area contributed by atoms with Gasteiger partial charge in [-0.25, -0.2) is 19.9 Å². The van der Waals surface area contributed by atoms with Crippen LogP contribution in [0.2, 0.25) is 0 Å². The molecule has 0 unspecified atom stereocenters. The van der Waals surface area contributed by atoms with Gasteiger partial charge in [0.1, 0.15) is 18.2 Å². The average Bonchev–Trinajstić information content (AvgIpc) is 3.36. The van der Waals surface area contributed by atoms with Crippen molar-refractivity contribution >= 4 is 23.4 Å². The number of fused-ring (bicyclic) bond motifs is 1. The standard InChI is InChI=1S/C27H33N7O3/c1-3-19-15-29-27(30-16-19)33-9-7-22(8-10-33)37-25-13-24(31-17-32-25)34-11-6-20-12-21(4-5-23(20)34)26(36)28-14-18(2)35/h4-5,12-13,15-18,22,35H,3,6-11,14H2,1-2H3,(H,28,36)/t18-/m1/s1. The second-order valence-corrected chi connectivity index (χ2v) is 9.57. The van der Waals surface area contributed by atoms with Crippen molar-refractivity contribution in [1.29, 1.82) is 0 Å². The molecule has 0 spiro atoms. The first-order chi connectivity index (χ1) is 18.0. The number of hydrogen-bond donors (Lipinski definition) is 2. The molecule has 0 radical (unpaired) electrons. The molecule has 37 heavy (non-hydrogen) atoms. The number of aliphatic hydroxyl groups is 1. The number of anilines is 3. The highest BCUT2D eigenvalue weighted by atomic mass is 16.5. The first-order valence-corrected chi connectivity index (χ1v) is 12.9. The Hall–Kier alpha value is -3.79. The van der Waals surface area contributed by atoms with E-state index < -0.39 is 6.10 Å². The van der Waals surface area contributed by atoms with Crippen LogP contribution in [0.1, 0.15) is 48.2 Å². The van der Waals surface area contributed by atoms with Crippen molar-refractivity contribution in [2.45, 2.75) is 51.7 Å². The zero-order valence-corrected chi connectivity index (χ0v) is 21.3. The first kappa shape index (κ1) is 24.9. The fraction of sp³-hybridized carbons (Fsp3) is 0.444. The summed E-state index contributed by atoms with van der Waals surface area (Å²) in [6, 6.07) is 7.56. The van der Waals surface area contributed by atoms with Crippen molar-refractivity contribution in [3.63, 3.8) is 0 Å². The molecular formula is C27H33N7O3. The second-order valence-electron chi connectivity index (χ2n) is 9.57. The lowest BCUT2D eigenvalue weighted by atomic mass is 10.1. The van der Waals surface area contributed by atoms with E-state index in [0.29, 0.717) is 11.4 Å². The predicted molar refractivity (Wildman–Crippen MR) is 140 cm³/mol. The Morgan fingerprint density at radius 2 is 1.92 bits per heavy atom. The van der Waals surface area contributed by atoms with Gasteiger partial charge in [-0.15, -0.1) is 0 Å². The highest BCUT2D eigenvalue weighted by Crippen LogP contribution is 2.35. The quantitative estimate of drug-likeness (QED) is 0.478. The molecule has 10 nitrogen and oxygen atoms in total. The minimum Gasteiger partial charge on any atom is -0.474 e. The highest BCUT2D eigenvalue weighted by Gasteiger charge is 2.25. The Morgan fingerprint density at radius 3 is 2.65 bits per heavy atom. The molecule has 3 aromatic rings. The van der Waals surface area contributed by atoms with Gasteiger partial charge in [0.15, 0.2) is 0 Å². The number of amides is 1. The molecule has 1 fully saturated rings. The number of rotatable bonds is 8. The lowest BCUT2D eigenvalue weighted by Crippen LogP contribution is -2.39. The molecule has 5 rings (SSSR count). The molecule has 0 saturated carbocycles. The molecule has 1 aromatic carbocycles. The number of ether oxygens (including phenoxy) is 1. The fourth-order valence-electron chi connectivity index (χ4n) is 4.70. The lowest BCUT2D eigenvalue weighted by molar-refractivity contribution is 0.0924. The number of nitrogens with zero attached hydrogens (tertiary/aromatic N) is 6. The Labute approximate surface area is 216 Å². The van der Waals surface area contributed by atoms with Gasteiger partial charge in [0.05, 0.1) is 6.10 Å². The van der Waals surface area contributed by atoms with E-state index >= 15 is 0 Å². The van der Waals surface area contributed by atoms with Gasteiger partial charge >= 0.3 is 0 Å². The van der Waals surface area contributed by atoms with E-state index in [4.69, 9.17) is 4.74 Å². The van der Waals surface area contributed by atoms with E-state index in [0.717, 1.165) is 73.9 Å². The number of carbonyl (C=O) groups excluding carboxylic acids is 1. The van der Waals surface area contributed by atoms with Gasteiger partial charge in [-0.2, -0.15) is 0 Å². The monoisotopic (exact) mass is 503 g/mol. The summed E-state index contributed by atoms with van der Waals surface area (Å²) >= 11 is 0. The van der Waals surface area contributed by atoms with Gasteiger partial charge in [0.25, 0.3) is 5.91 Å². The summed E-state index contributed by atoms with van der Waals surface area (Å²) < 4.78 is 6.24. The van der Waals surface area contributed by atoms with Crippen LogP contribution < -0.4 is 19.9 Å². The molecule has 2 aromatic heterocycles. The number of hydrogen-bond acceptors (Lipinski definition) is 9. The van der Waals surface area contributed by atoms with Crippen LogP contribution in [-0.2, 0) is 12.8 Å². The summed E-state index contributed by atoms with van der Waals surface area (Å²) in [6.45, 7) is 6.40. The summed E-state index contributed by atoms with van der Waals surface area (Å²) in [7, 11) is 0. The van der Waals surface area contributed by atoms with Crippen molar-refractivity contribution in [1.82, 2.24) is 25.3 Å². The topological polar surface area (TPSA) is 117 Å². The predicted octanol–water partition coefficient (Wildman–Crippen LogP) is 2.68. The summed E-state index contributed by atoms with van der Waals surface area (Å²) in [5.74, 6) is 1.93. The van der Waals surface area contributed by atoms with Crippen LogP contribution in [0.3, 0.4) is 0 Å². The van der Waals surface area contributed by atoms with Crippen molar-refractivity contribution in [2.75, 3.05) is 36.0 Å². The third kappa shape index (κ3) is 5.80. The van der Waals surface area contributed by atoms with E-state index in [1.165, 1.54) is 0 Å². The zero-order valence-electron chi connectivity index (χ0n) is 21.3. The highest BCUT2D eigenvalue weighted by molar-refractivity contribution is 5.95. The number of aliphatic hydroxyl groups excluding tert-OH is 1. The third-order valence-corrected chi connectivity index (χ3v) is 6.81. The molecule has 194 valence electrons. The van der Waals surface area contributed by atoms with Gasteiger partial charge in [0.2, 0.25) is 11.8 Å². The Kier molecular flexibility index (Phi) is 7.45. The molecule has 1 saturated heterocycles. The molecular weight excluding hydrogens is 470 g/mol. The van der Waals surface area contributed by atoms with Gasteiger partial charge in [-0.3, -0.25) is 4.79 Å². The van der Waals surface area contributed by atoms with Crippen LogP contribution in [0.25, 0.3) is 0 Å². The molecule has 4 heterocycles. The van der Waals surface area contributed by atoms with Crippen molar-refractivity contribution < 1.29 is 14.6 Å². The summed E-state index contributed by atoms with van der Waals surface area (Å²) in [5.41, 5.74) is 3.85. The van der Waals surface area contributed by atoms with E-state index in [1.54, 1.807) is 19.3 Å². The molecule has 0 bridgehead atoms. The van der Waals surface area contributed by atoms with Gasteiger partial charge in [-0.1, -0.05) is 6.92 Å². The van der Waals surface area contributed by atoms with Crippen LogP contribution in [-0.4, -0.2) is 69.3 Å². The van der Waals surface area contributed by atoms with Crippen LogP contribution in [0.15, 0.2) is 43.0 Å². The molecule has 2 N–H and O–H groups in total. The number of benzene rings is 1. The van der Waals surface area contributed by atoms with Crippen LogP contribution in [0.4, 0.5) is 17.5 Å². The fourth-order valence-corrected chi connectivity index (χ4v) is 4.70. The SMILES string of the molecule is CCc1cnc(N2CCC(Oc3cc(N4CCc5cc(C(=O)NC[C@@H](C)O)ccc54)ncn3)CC2)nc1. The Morgan fingerprint density at radius 1 is 1.14 bits per heavy atom. The summed E-state index contributed by atoms with van der Waals surface area (Å²) in [6.07, 6.45) is 8.31. The van der Waals surface area contributed by atoms with Gasteiger partial charge in [-0.05, 0) is 49.1 Å². The van der Waals surface area contributed by atoms with Crippen LogP contribution in [0.5, 0.6) is 5.88 Å². The summed E-state index contributed by atoms with van der Waals surface area (Å²) in [5, 5.41) is 12.2.